The summed E-state index contributed by atoms with van der Waals surface area (Å²) in [5.74, 6) is 0.285. The molecular formula is C32H47BrO2. The van der Waals surface area contributed by atoms with Crippen LogP contribution in [0.5, 0.6) is 0 Å². The van der Waals surface area contributed by atoms with E-state index in [0.717, 1.165) is 11.1 Å². The summed E-state index contributed by atoms with van der Waals surface area (Å²) in [7, 11) is 0. The van der Waals surface area contributed by atoms with Gasteiger partial charge in [0.25, 0.3) is 0 Å². The van der Waals surface area contributed by atoms with Crippen molar-refractivity contribution in [3.05, 3.63) is 69.8 Å². The van der Waals surface area contributed by atoms with Crippen LogP contribution in [0.1, 0.15) is 133 Å². The Balaban J connectivity index is 0.000000351. The maximum atomic E-state index is 11.9. The number of Topliss-reactive ketones (excluding diaryl/α,β-unsaturated/α-hetero) is 2. The first-order chi connectivity index (χ1) is 15.6. The molecule has 2 nitrogen and oxygen atoms in total. The molecule has 2 aromatic carbocycles. The number of hydrogen-bond donors (Lipinski definition) is 0. The lowest BCUT2D eigenvalue weighted by atomic mass is 9.79. The van der Waals surface area contributed by atoms with Crippen molar-refractivity contribution in [3.63, 3.8) is 0 Å². The summed E-state index contributed by atoms with van der Waals surface area (Å²) >= 11 is 3.25. The average molecular weight is 544 g/mol. The second-order valence-electron chi connectivity index (χ2n) is 13.7. The Bertz CT molecular complexity index is 984. The lowest BCUT2D eigenvalue weighted by molar-refractivity contribution is 0.101. The van der Waals surface area contributed by atoms with Gasteiger partial charge in [0.2, 0.25) is 0 Å². The first-order valence-corrected chi connectivity index (χ1v) is 13.6. The fraction of sp³-hybridized carbons (Fsp3) is 0.562. The summed E-state index contributed by atoms with van der Waals surface area (Å²) in [6.45, 7) is 27.8. The highest BCUT2D eigenvalue weighted by molar-refractivity contribution is 9.09. The highest BCUT2D eigenvalue weighted by atomic mass is 79.9. The van der Waals surface area contributed by atoms with E-state index in [1.807, 2.05) is 24.3 Å². The number of benzene rings is 2. The quantitative estimate of drug-likeness (QED) is 0.286. The van der Waals surface area contributed by atoms with Crippen LogP contribution in [0.3, 0.4) is 0 Å². The van der Waals surface area contributed by atoms with Crippen molar-refractivity contribution in [2.24, 2.45) is 0 Å². The third-order valence-corrected chi connectivity index (χ3v) is 6.69. The van der Waals surface area contributed by atoms with Crippen LogP contribution in [0.2, 0.25) is 0 Å². The monoisotopic (exact) mass is 542 g/mol. The summed E-state index contributed by atoms with van der Waals surface area (Å²) in [6.07, 6.45) is 0. The SMILES string of the molecule is CC(=O)c1cc(C(C)(C)C)cc(C(C)(C)C)c1.CC(C)(C)c1cc(C(=O)CBr)cc(C(C)(C)C)c1. The molecule has 2 aromatic rings. The van der Waals surface area contributed by atoms with Gasteiger partial charge in [0, 0.05) is 11.1 Å². The Morgan fingerprint density at radius 3 is 1.00 bits per heavy atom. The summed E-state index contributed by atoms with van der Waals surface area (Å²) in [6, 6.07) is 12.6. The van der Waals surface area contributed by atoms with Crippen molar-refractivity contribution in [2.75, 3.05) is 5.33 Å². The predicted molar refractivity (Wildman–Crippen MR) is 156 cm³/mol. The lowest BCUT2D eigenvalue weighted by Crippen LogP contribution is -2.18. The van der Waals surface area contributed by atoms with Gasteiger partial charge in [-0.15, -0.1) is 0 Å². The van der Waals surface area contributed by atoms with Crippen molar-refractivity contribution in [2.45, 2.75) is 112 Å². The van der Waals surface area contributed by atoms with Crippen LogP contribution in [-0.2, 0) is 21.7 Å². The Labute approximate surface area is 223 Å². The van der Waals surface area contributed by atoms with Crippen molar-refractivity contribution in [3.8, 4) is 0 Å². The van der Waals surface area contributed by atoms with Crippen LogP contribution in [0.15, 0.2) is 36.4 Å². The van der Waals surface area contributed by atoms with Crippen LogP contribution in [0, 0.1) is 0 Å². The van der Waals surface area contributed by atoms with Gasteiger partial charge in [0.1, 0.15) is 0 Å². The lowest BCUT2D eigenvalue weighted by Gasteiger charge is -2.26. The van der Waals surface area contributed by atoms with Crippen LogP contribution < -0.4 is 0 Å². The Kier molecular flexibility index (Phi) is 9.94. The number of hydrogen-bond acceptors (Lipinski definition) is 2. The van der Waals surface area contributed by atoms with Crippen molar-refractivity contribution < 1.29 is 9.59 Å². The fourth-order valence-electron chi connectivity index (χ4n) is 3.43. The Hall–Kier alpha value is -1.74. The molecular weight excluding hydrogens is 496 g/mol. The Morgan fingerprint density at radius 2 is 0.800 bits per heavy atom. The molecule has 0 N–H and O–H groups in total. The number of carbonyl (C=O) groups excluding carboxylic acids is 2. The van der Waals surface area contributed by atoms with E-state index in [1.165, 1.54) is 22.3 Å². The summed E-state index contributed by atoms with van der Waals surface area (Å²) < 4.78 is 0. The highest BCUT2D eigenvalue weighted by Gasteiger charge is 2.22. The minimum absolute atomic E-state index is 0.0581. The van der Waals surface area contributed by atoms with Gasteiger partial charge in [-0.05, 0) is 75.1 Å². The van der Waals surface area contributed by atoms with E-state index < -0.39 is 0 Å². The van der Waals surface area contributed by atoms with E-state index >= 15 is 0 Å². The van der Waals surface area contributed by atoms with Crippen molar-refractivity contribution in [1.29, 1.82) is 0 Å². The second-order valence-corrected chi connectivity index (χ2v) is 14.3. The predicted octanol–water partition coefficient (Wildman–Crippen LogP) is 9.34. The summed E-state index contributed by atoms with van der Waals surface area (Å²) in [4.78, 5) is 23.5. The largest absolute Gasteiger partial charge is 0.295 e. The van der Waals surface area contributed by atoms with E-state index in [9.17, 15) is 9.59 Å². The van der Waals surface area contributed by atoms with Crippen LogP contribution >= 0.6 is 15.9 Å². The van der Waals surface area contributed by atoms with Gasteiger partial charge < -0.3 is 0 Å². The van der Waals surface area contributed by atoms with E-state index in [4.69, 9.17) is 0 Å². The zero-order valence-electron chi connectivity index (χ0n) is 24.4. The van der Waals surface area contributed by atoms with E-state index in [0.29, 0.717) is 5.33 Å². The molecule has 0 unspecified atom stereocenters. The molecule has 0 fully saturated rings. The van der Waals surface area contributed by atoms with E-state index in [1.54, 1.807) is 6.92 Å². The molecule has 0 atom stereocenters. The molecule has 194 valence electrons. The van der Waals surface area contributed by atoms with Gasteiger partial charge in [-0.1, -0.05) is 111 Å². The van der Waals surface area contributed by atoms with Crippen molar-refractivity contribution in [1.82, 2.24) is 0 Å². The zero-order valence-corrected chi connectivity index (χ0v) is 26.0. The molecule has 35 heavy (non-hydrogen) atoms. The maximum Gasteiger partial charge on any atom is 0.173 e. The minimum atomic E-state index is 0.0581. The minimum Gasteiger partial charge on any atom is -0.295 e. The van der Waals surface area contributed by atoms with Crippen LogP contribution in [0.25, 0.3) is 0 Å². The normalized spacial score (nSPS) is 12.6. The first-order valence-electron chi connectivity index (χ1n) is 12.5. The fourth-order valence-corrected chi connectivity index (χ4v) is 3.75. The average Bonchev–Trinajstić information content (AvgIpc) is 2.70. The van der Waals surface area contributed by atoms with E-state index in [-0.39, 0.29) is 33.2 Å². The molecule has 0 saturated heterocycles. The topological polar surface area (TPSA) is 34.1 Å². The molecule has 0 aliphatic heterocycles. The zero-order chi connectivity index (χ0) is 27.6. The molecule has 0 saturated carbocycles. The third kappa shape index (κ3) is 9.33. The van der Waals surface area contributed by atoms with Crippen LogP contribution in [0.4, 0.5) is 0 Å². The van der Waals surface area contributed by atoms with Crippen LogP contribution in [-0.4, -0.2) is 16.9 Å². The molecule has 0 heterocycles. The summed E-state index contributed by atoms with van der Waals surface area (Å²) in [5, 5.41) is 0.379. The summed E-state index contributed by atoms with van der Waals surface area (Å²) in [5.41, 5.74) is 6.80. The molecule has 3 heteroatoms. The second kappa shape index (κ2) is 11.1. The van der Waals surface area contributed by atoms with Gasteiger partial charge in [-0.3, -0.25) is 9.59 Å². The smallest absolute Gasteiger partial charge is 0.173 e. The van der Waals surface area contributed by atoms with Crippen molar-refractivity contribution >= 4 is 27.5 Å². The molecule has 0 aromatic heterocycles. The first kappa shape index (κ1) is 31.3. The molecule has 0 spiro atoms. The van der Waals surface area contributed by atoms with Gasteiger partial charge in [0.15, 0.2) is 11.6 Å². The van der Waals surface area contributed by atoms with Gasteiger partial charge in [0.05, 0.1) is 5.33 Å². The number of carbonyl (C=O) groups is 2. The van der Waals surface area contributed by atoms with Gasteiger partial charge in [-0.25, -0.2) is 0 Å². The van der Waals surface area contributed by atoms with E-state index in [2.05, 4.69) is 111 Å². The maximum absolute atomic E-state index is 11.9. The highest BCUT2D eigenvalue weighted by Crippen LogP contribution is 2.31. The molecule has 0 aliphatic rings. The molecule has 0 amide bonds. The Morgan fingerprint density at radius 1 is 0.543 bits per heavy atom. The van der Waals surface area contributed by atoms with Gasteiger partial charge >= 0.3 is 0 Å². The molecule has 0 bridgehead atoms. The number of ketones is 2. The number of rotatable bonds is 3. The molecule has 0 radical (unpaired) electrons. The number of alkyl halides is 1. The van der Waals surface area contributed by atoms with Gasteiger partial charge in [-0.2, -0.15) is 0 Å². The molecule has 2 rings (SSSR count). The third-order valence-electron chi connectivity index (χ3n) is 6.18. The molecule has 0 aliphatic carbocycles. The number of halogens is 1. The standard InChI is InChI=1S/C16H23BrO.C16H24O/c1-15(2,3)12-7-11(14(18)10-17)8-13(9-12)16(4,5)6;1-11(17)12-8-13(15(2,3)4)10-14(9-12)16(5,6)7/h7-9H,10H2,1-6H3;8-10H,1-7H3.